The third kappa shape index (κ3) is 4.87. The van der Waals surface area contributed by atoms with E-state index in [-0.39, 0.29) is 29.9 Å². The molecule has 8 nitrogen and oxygen atoms in total. The lowest BCUT2D eigenvalue weighted by Crippen LogP contribution is -2.15. The van der Waals surface area contributed by atoms with E-state index in [4.69, 9.17) is 31.5 Å². The lowest BCUT2D eigenvalue weighted by atomic mass is 10.2. The molecule has 1 aromatic heterocycles. The summed E-state index contributed by atoms with van der Waals surface area (Å²) in [5.41, 5.74) is 7.15. The van der Waals surface area contributed by atoms with Crippen molar-refractivity contribution < 1.29 is 19.0 Å². The van der Waals surface area contributed by atoms with Crippen LogP contribution in [0.2, 0.25) is 5.02 Å². The van der Waals surface area contributed by atoms with Crippen molar-refractivity contribution in [2.75, 3.05) is 26.1 Å². The minimum Gasteiger partial charge on any atom is -0.493 e. The Hall–Kier alpha value is -2.74. The second-order valence-corrected chi connectivity index (χ2v) is 5.36. The van der Waals surface area contributed by atoms with Gasteiger partial charge in [-0.15, -0.1) is 0 Å². The number of hydrogen-bond donors (Lipinski definition) is 1. The molecule has 2 N–H and O–H groups in total. The van der Waals surface area contributed by atoms with Crippen LogP contribution in [0.5, 0.6) is 11.5 Å². The molecule has 0 amide bonds. The maximum absolute atomic E-state index is 11.4. The highest BCUT2D eigenvalue weighted by atomic mass is 35.5. The first kappa shape index (κ1) is 18.6. The van der Waals surface area contributed by atoms with Crippen LogP contribution in [0.4, 0.5) is 5.95 Å². The molecule has 0 saturated carbocycles. The van der Waals surface area contributed by atoms with Crippen molar-refractivity contribution in [3.05, 3.63) is 34.6 Å². The number of methoxy groups -OCH3 is 1. The van der Waals surface area contributed by atoms with Crippen LogP contribution in [0.3, 0.4) is 0 Å². The van der Waals surface area contributed by atoms with Crippen LogP contribution in [0.25, 0.3) is 0 Å². The van der Waals surface area contributed by atoms with Gasteiger partial charge in [-0.1, -0.05) is 11.6 Å². The van der Waals surface area contributed by atoms with E-state index < -0.39 is 5.97 Å². The van der Waals surface area contributed by atoms with E-state index >= 15 is 0 Å². The predicted molar refractivity (Wildman–Crippen MR) is 94.5 cm³/mol. The molecule has 0 radical (unpaired) electrons. The highest BCUT2D eigenvalue weighted by molar-refractivity contribution is 6.32. The maximum Gasteiger partial charge on any atom is 0.344 e. The summed E-state index contributed by atoms with van der Waals surface area (Å²) in [6, 6.07) is 3.31. The van der Waals surface area contributed by atoms with Crippen molar-refractivity contribution >= 4 is 29.7 Å². The zero-order valence-electron chi connectivity index (χ0n) is 14.2. The molecule has 1 aromatic carbocycles. The van der Waals surface area contributed by atoms with Gasteiger partial charge in [-0.05, 0) is 31.5 Å². The number of esters is 1. The number of carbonyl (C=O) groups is 1. The zero-order chi connectivity index (χ0) is 18.4. The molecule has 0 aliphatic heterocycles. The van der Waals surface area contributed by atoms with E-state index in [1.54, 1.807) is 31.5 Å². The molecular weight excluding hydrogens is 348 g/mol. The Bertz CT molecular complexity index is 789. The summed E-state index contributed by atoms with van der Waals surface area (Å²) in [7, 11) is 1.47. The molecule has 9 heteroatoms. The SMILES string of the molecule is CCOC(=O)COc1c(Cl)cc(C=Nn2cc(C)nc2N)cc1OC. The van der Waals surface area contributed by atoms with Crippen molar-refractivity contribution in [3.63, 3.8) is 0 Å². The van der Waals surface area contributed by atoms with Gasteiger partial charge < -0.3 is 19.9 Å². The third-order valence-corrected chi connectivity index (χ3v) is 3.34. The van der Waals surface area contributed by atoms with E-state index in [9.17, 15) is 4.79 Å². The lowest BCUT2D eigenvalue weighted by Gasteiger charge is -2.12. The molecule has 2 aromatic rings. The summed E-state index contributed by atoms with van der Waals surface area (Å²) in [6.07, 6.45) is 3.25. The summed E-state index contributed by atoms with van der Waals surface area (Å²) >= 11 is 6.23. The van der Waals surface area contributed by atoms with Gasteiger partial charge in [-0.2, -0.15) is 5.10 Å². The van der Waals surface area contributed by atoms with Crippen LogP contribution in [0.1, 0.15) is 18.2 Å². The maximum atomic E-state index is 11.4. The minimum atomic E-state index is -0.489. The Kier molecular flexibility index (Phi) is 6.24. The van der Waals surface area contributed by atoms with Crippen LogP contribution in [-0.2, 0) is 9.53 Å². The largest absolute Gasteiger partial charge is 0.493 e. The normalized spacial score (nSPS) is 10.9. The summed E-state index contributed by atoms with van der Waals surface area (Å²) < 4.78 is 16.9. The Labute approximate surface area is 150 Å². The van der Waals surface area contributed by atoms with Crippen LogP contribution in [0.15, 0.2) is 23.4 Å². The Morgan fingerprint density at radius 1 is 1.48 bits per heavy atom. The van der Waals surface area contributed by atoms with E-state index in [2.05, 4.69) is 10.1 Å². The Morgan fingerprint density at radius 3 is 2.84 bits per heavy atom. The van der Waals surface area contributed by atoms with Gasteiger partial charge in [-0.3, -0.25) is 0 Å². The molecule has 25 heavy (non-hydrogen) atoms. The smallest absolute Gasteiger partial charge is 0.344 e. The van der Waals surface area contributed by atoms with Gasteiger partial charge in [0.2, 0.25) is 5.95 Å². The number of imidazole rings is 1. The molecule has 0 bridgehead atoms. The molecule has 134 valence electrons. The fourth-order valence-electron chi connectivity index (χ4n) is 2.01. The number of nitrogens with two attached hydrogens (primary N) is 1. The number of rotatable bonds is 7. The monoisotopic (exact) mass is 366 g/mol. The number of carbonyl (C=O) groups excluding carboxylic acids is 1. The quantitative estimate of drug-likeness (QED) is 0.595. The number of nitrogens with zero attached hydrogens (tertiary/aromatic N) is 3. The average molecular weight is 367 g/mol. The van der Waals surface area contributed by atoms with Gasteiger partial charge in [0, 0.05) is 0 Å². The fraction of sp³-hybridized carbons (Fsp3) is 0.312. The predicted octanol–water partition coefficient (Wildman–Crippen LogP) is 2.26. The fourth-order valence-corrected chi connectivity index (χ4v) is 2.29. The number of nitrogen functional groups attached to an aromatic ring is 1. The van der Waals surface area contributed by atoms with Gasteiger partial charge >= 0.3 is 5.97 Å². The molecule has 0 fully saturated rings. The second-order valence-electron chi connectivity index (χ2n) is 4.96. The number of aromatic nitrogens is 2. The van der Waals surface area contributed by atoms with Gasteiger partial charge in [0.15, 0.2) is 18.1 Å². The number of halogens is 1. The molecule has 0 spiro atoms. The highest BCUT2D eigenvalue weighted by Crippen LogP contribution is 2.36. The number of benzene rings is 1. The molecule has 2 rings (SSSR count). The minimum absolute atomic E-state index is 0.257. The van der Waals surface area contributed by atoms with Crippen molar-refractivity contribution in [1.82, 2.24) is 9.66 Å². The average Bonchev–Trinajstić information content (AvgIpc) is 2.89. The molecular formula is C16H19ClN4O4. The summed E-state index contributed by atoms with van der Waals surface area (Å²) in [4.78, 5) is 15.5. The standard InChI is InChI=1S/C16H19ClN4O4/c1-4-24-14(22)9-25-15-12(17)5-11(6-13(15)23-3)7-19-21-8-10(2)20-16(21)18/h5-8H,4,9H2,1-3H3,(H2,18,20). The third-order valence-electron chi connectivity index (χ3n) is 3.06. The second kappa shape index (κ2) is 8.39. The molecule has 0 saturated heterocycles. The number of aryl methyl sites for hydroxylation is 1. The van der Waals surface area contributed by atoms with Crippen LogP contribution in [0, 0.1) is 6.92 Å². The summed E-state index contributed by atoms with van der Waals surface area (Å²) in [6.45, 7) is 3.55. The first-order valence-corrected chi connectivity index (χ1v) is 7.84. The van der Waals surface area contributed by atoms with Crippen molar-refractivity contribution in [2.45, 2.75) is 13.8 Å². The first-order chi connectivity index (χ1) is 11.9. The topological polar surface area (TPSA) is 101 Å². The molecule has 0 unspecified atom stereocenters. The summed E-state index contributed by atoms with van der Waals surface area (Å²) in [5, 5.41) is 4.49. The Balaban J connectivity index is 2.20. The Morgan fingerprint density at radius 2 is 2.24 bits per heavy atom. The van der Waals surface area contributed by atoms with E-state index in [1.807, 2.05) is 6.92 Å². The number of anilines is 1. The van der Waals surface area contributed by atoms with Crippen molar-refractivity contribution in [3.8, 4) is 11.5 Å². The highest BCUT2D eigenvalue weighted by Gasteiger charge is 2.14. The van der Waals surface area contributed by atoms with Crippen LogP contribution < -0.4 is 15.2 Å². The molecule has 0 aliphatic rings. The number of hydrogen-bond acceptors (Lipinski definition) is 7. The van der Waals surface area contributed by atoms with Gasteiger partial charge in [-0.25, -0.2) is 14.5 Å². The van der Waals surface area contributed by atoms with Crippen molar-refractivity contribution in [2.24, 2.45) is 5.10 Å². The van der Waals surface area contributed by atoms with E-state index in [0.717, 1.165) is 5.69 Å². The van der Waals surface area contributed by atoms with Gasteiger partial charge in [0.25, 0.3) is 0 Å². The van der Waals surface area contributed by atoms with Gasteiger partial charge in [0.1, 0.15) is 0 Å². The van der Waals surface area contributed by atoms with E-state index in [1.165, 1.54) is 11.8 Å². The number of ether oxygens (including phenoxy) is 3. The van der Waals surface area contributed by atoms with Crippen molar-refractivity contribution in [1.29, 1.82) is 0 Å². The van der Waals surface area contributed by atoms with E-state index in [0.29, 0.717) is 11.3 Å². The summed E-state index contributed by atoms with van der Waals surface area (Å²) in [5.74, 6) is 0.416. The molecule has 0 atom stereocenters. The zero-order valence-corrected chi connectivity index (χ0v) is 14.9. The first-order valence-electron chi connectivity index (χ1n) is 7.46. The van der Waals surface area contributed by atoms with Gasteiger partial charge in [0.05, 0.1) is 36.8 Å². The lowest BCUT2D eigenvalue weighted by molar-refractivity contribution is -0.145. The van der Waals surface area contributed by atoms with Crippen LogP contribution in [-0.4, -0.2) is 42.2 Å². The van der Waals surface area contributed by atoms with Crippen LogP contribution >= 0.6 is 11.6 Å². The molecule has 1 heterocycles. The molecule has 0 aliphatic carbocycles.